The van der Waals surface area contributed by atoms with Crippen molar-refractivity contribution in [3.8, 4) is 5.75 Å². The standard InChI is InChI=1S/C39H35ClN4O3S/c1-5-42(6-2)38(46)34-24(3)41-39-44(36(34)35-30-13-8-7-11-26(30)17-20-32(35)47-4)37(45)33(48-39)21-27-23-43(31-14-10-9-12-29(27)31)22-25-15-18-28(40)19-16-25/h7-21,23,36H,5-6,22H2,1-4H3/b33-21+/t36-/m0/s1. The van der Waals surface area contributed by atoms with Gasteiger partial charge in [-0.15, -0.1) is 0 Å². The van der Waals surface area contributed by atoms with E-state index in [1.807, 2.05) is 99.6 Å². The zero-order valence-corrected chi connectivity index (χ0v) is 28.8. The molecule has 1 aliphatic heterocycles. The van der Waals surface area contributed by atoms with Crippen LogP contribution in [0.5, 0.6) is 5.75 Å². The Labute approximate surface area is 287 Å². The Kier molecular flexibility index (Phi) is 8.54. The van der Waals surface area contributed by atoms with E-state index in [1.54, 1.807) is 16.6 Å². The van der Waals surface area contributed by atoms with Crippen LogP contribution in [0.15, 0.2) is 112 Å². The first-order valence-corrected chi connectivity index (χ1v) is 17.2. The second-order valence-electron chi connectivity index (χ2n) is 11.8. The van der Waals surface area contributed by atoms with E-state index in [4.69, 9.17) is 21.3 Å². The average molecular weight is 675 g/mol. The van der Waals surface area contributed by atoms with E-state index in [1.165, 1.54) is 11.3 Å². The molecule has 6 aromatic rings. The number of para-hydroxylation sites is 1. The number of likely N-dealkylation sites (N-methyl/N-ethyl adjacent to an activating group) is 1. The van der Waals surface area contributed by atoms with Crippen LogP contribution < -0.4 is 19.6 Å². The summed E-state index contributed by atoms with van der Waals surface area (Å²) in [5.74, 6) is 0.471. The minimum absolute atomic E-state index is 0.138. The largest absolute Gasteiger partial charge is 0.496 e. The van der Waals surface area contributed by atoms with Crippen LogP contribution in [-0.4, -0.2) is 40.1 Å². The summed E-state index contributed by atoms with van der Waals surface area (Å²) >= 11 is 7.48. The fraction of sp³-hybridized carbons (Fsp3) is 0.205. The number of ether oxygens (including phenoxy) is 1. The molecule has 1 atom stereocenters. The second-order valence-corrected chi connectivity index (χ2v) is 13.3. The molecular weight excluding hydrogens is 640 g/mol. The molecule has 0 fully saturated rings. The summed E-state index contributed by atoms with van der Waals surface area (Å²) in [7, 11) is 1.62. The number of allylic oxidation sites excluding steroid dienone is 1. The van der Waals surface area contributed by atoms with Gasteiger partial charge < -0.3 is 14.2 Å². The molecule has 4 aromatic carbocycles. The normalized spacial score (nSPS) is 14.8. The van der Waals surface area contributed by atoms with Gasteiger partial charge in [0.15, 0.2) is 4.80 Å². The van der Waals surface area contributed by atoms with Crippen LogP contribution in [-0.2, 0) is 11.3 Å². The highest BCUT2D eigenvalue weighted by Crippen LogP contribution is 2.40. The van der Waals surface area contributed by atoms with Crippen molar-refractivity contribution in [3.05, 3.63) is 144 Å². The Morgan fingerprint density at radius 3 is 2.42 bits per heavy atom. The molecule has 9 heteroatoms. The van der Waals surface area contributed by atoms with Crippen molar-refractivity contribution < 1.29 is 9.53 Å². The molecule has 242 valence electrons. The van der Waals surface area contributed by atoms with Gasteiger partial charge in [0, 0.05) is 52.9 Å². The van der Waals surface area contributed by atoms with Crippen molar-refractivity contribution in [3.63, 3.8) is 0 Å². The SMILES string of the molecule is CCN(CC)C(=O)C1=C(C)N=c2s/c(=C/c3cn(Cc4ccc(Cl)cc4)c4ccccc34)c(=O)n2[C@@H]1c1c(OC)ccc2ccccc12. The molecule has 0 unspecified atom stereocenters. The lowest BCUT2D eigenvalue weighted by molar-refractivity contribution is -0.127. The van der Waals surface area contributed by atoms with Crippen LogP contribution in [0, 0.1) is 0 Å². The minimum atomic E-state index is -0.733. The second kappa shape index (κ2) is 12.9. The van der Waals surface area contributed by atoms with Crippen molar-refractivity contribution >= 4 is 56.6 Å². The molecule has 0 spiro atoms. The van der Waals surface area contributed by atoms with Crippen LogP contribution in [0.2, 0.25) is 5.02 Å². The molecule has 2 aromatic heterocycles. The zero-order chi connectivity index (χ0) is 33.5. The first kappa shape index (κ1) is 31.7. The molecule has 0 saturated heterocycles. The van der Waals surface area contributed by atoms with Crippen LogP contribution in [0.4, 0.5) is 0 Å². The highest BCUT2D eigenvalue weighted by Gasteiger charge is 2.36. The van der Waals surface area contributed by atoms with Gasteiger partial charge in [-0.2, -0.15) is 0 Å². The lowest BCUT2D eigenvalue weighted by Gasteiger charge is -2.30. The first-order valence-electron chi connectivity index (χ1n) is 16.0. The number of thiazole rings is 1. The molecule has 0 radical (unpaired) electrons. The maximum atomic E-state index is 14.7. The van der Waals surface area contributed by atoms with E-state index in [0.29, 0.717) is 51.0 Å². The molecule has 1 amide bonds. The van der Waals surface area contributed by atoms with E-state index in [9.17, 15) is 9.59 Å². The van der Waals surface area contributed by atoms with Crippen molar-refractivity contribution in [2.45, 2.75) is 33.4 Å². The van der Waals surface area contributed by atoms with E-state index >= 15 is 0 Å². The van der Waals surface area contributed by atoms with Gasteiger partial charge in [0.2, 0.25) is 0 Å². The summed E-state index contributed by atoms with van der Waals surface area (Å²) < 4.78 is 10.4. The quantitative estimate of drug-likeness (QED) is 0.176. The number of halogens is 1. The lowest BCUT2D eigenvalue weighted by atomic mass is 9.90. The number of carbonyl (C=O) groups excluding carboxylic acids is 1. The summed E-state index contributed by atoms with van der Waals surface area (Å²) in [6, 6.07) is 27.2. The van der Waals surface area contributed by atoms with E-state index in [0.717, 1.165) is 38.4 Å². The van der Waals surface area contributed by atoms with E-state index < -0.39 is 6.04 Å². The highest BCUT2D eigenvalue weighted by molar-refractivity contribution is 7.07. The fourth-order valence-electron chi connectivity index (χ4n) is 6.73. The summed E-state index contributed by atoms with van der Waals surface area (Å²) in [4.78, 5) is 36.2. The number of rotatable bonds is 8. The van der Waals surface area contributed by atoms with Gasteiger partial charge in [-0.1, -0.05) is 83.6 Å². The Bertz CT molecular complexity index is 2420. The van der Waals surface area contributed by atoms with E-state index in [2.05, 4.69) is 22.9 Å². The number of carbonyl (C=O) groups is 1. The van der Waals surface area contributed by atoms with Gasteiger partial charge in [-0.3, -0.25) is 14.2 Å². The summed E-state index contributed by atoms with van der Waals surface area (Å²) in [6.45, 7) is 7.52. The summed E-state index contributed by atoms with van der Waals surface area (Å²) in [6.07, 6.45) is 4.04. The van der Waals surface area contributed by atoms with E-state index in [-0.39, 0.29) is 11.5 Å². The Balaban J connectivity index is 1.46. The molecule has 48 heavy (non-hydrogen) atoms. The number of hydrogen-bond donors (Lipinski definition) is 0. The molecule has 0 saturated carbocycles. The zero-order valence-electron chi connectivity index (χ0n) is 27.2. The first-order chi connectivity index (χ1) is 23.3. The fourth-order valence-corrected chi connectivity index (χ4v) is 7.90. The van der Waals surface area contributed by atoms with Gasteiger partial charge in [-0.25, -0.2) is 4.99 Å². The molecule has 0 N–H and O–H groups in total. The molecule has 0 bridgehead atoms. The Morgan fingerprint density at radius 1 is 0.979 bits per heavy atom. The van der Waals surface area contributed by atoms with Crippen molar-refractivity contribution in [2.24, 2.45) is 4.99 Å². The third kappa shape index (κ3) is 5.45. The topological polar surface area (TPSA) is 68.8 Å². The number of nitrogens with zero attached hydrogens (tertiary/aromatic N) is 4. The third-order valence-electron chi connectivity index (χ3n) is 9.10. The number of methoxy groups -OCH3 is 1. The lowest BCUT2D eigenvalue weighted by Crippen LogP contribution is -2.43. The molecule has 7 rings (SSSR count). The van der Waals surface area contributed by atoms with Crippen LogP contribution in [0.1, 0.15) is 43.5 Å². The number of fused-ring (bicyclic) bond motifs is 3. The Hall–Kier alpha value is -4.92. The average Bonchev–Trinajstić information content (AvgIpc) is 3.60. The summed E-state index contributed by atoms with van der Waals surface area (Å²) in [5, 5.41) is 3.65. The van der Waals surface area contributed by atoms with Crippen molar-refractivity contribution in [1.82, 2.24) is 14.0 Å². The maximum Gasteiger partial charge on any atom is 0.271 e. The smallest absolute Gasteiger partial charge is 0.271 e. The maximum absolute atomic E-state index is 14.7. The van der Waals surface area contributed by atoms with Crippen molar-refractivity contribution in [2.75, 3.05) is 20.2 Å². The predicted molar refractivity (Wildman–Crippen MR) is 195 cm³/mol. The van der Waals surface area contributed by atoms with Gasteiger partial charge in [-0.05, 0) is 67.4 Å². The molecule has 3 heterocycles. The molecule has 0 aliphatic carbocycles. The molecule has 1 aliphatic rings. The van der Waals surface area contributed by atoms with Crippen LogP contribution >= 0.6 is 22.9 Å². The highest BCUT2D eigenvalue weighted by atomic mass is 35.5. The van der Waals surface area contributed by atoms with Crippen molar-refractivity contribution in [1.29, 1.82) is 0 Å². The van der Waals surface area contributed by atoms with Gasteiger partial charge >= 0.3 is 0 Å². The monoisotopic (exact) mass is 674 g/mol. The van der Waals surface area contributed by atoms with Gasteiger partial charge in [0.05, 0.1) is 22.9 Å². The molecular formula is C39H35ClN4O3S. The number of amides is 1. The Morgan fingerprint density at radius 2 is 1.69 bits per heavy atom. The van der Waals surface area contributed by atoms with Gasteiger partial charge in [0.25, 0.3) is 11.5 Å². The summed E-state index contributed by atoms with van der Waals surface area (Å²) in [5.41, 5.74) is 4.76. The molecule has 7 nitrogen and oxygen atoms in total. The number of aromatic nitrogens is 2. The predicted octanol–water partition coefficient (Wildman–Crippen LogP) is 6.92. The van der Waals surface area contributed by atoms with Crippen LogP contribution in [0.25, 0.3) is 27.8 Å². The van der Waals surface area contributed by atoms with Gasteiger partial charge in [0.1, 0.15) is 11.8 Å². The minimum Gasteiger partial charge on any atom is -0.496 e. The number of benzene rings is 4. The third-order valence-corrected chi connectivity index (χ3v) is 10.3. The van der Waals surface area contributed by atoms with Crippen LogP contribution in [0.3, 0.4) is 0 Å². The number of hydrogen-bond acceptors (Lipinski definition) is 5.